The molecule has 0 aliphatic heterocycles. The first kappa shape index (κ1) is 23.2. The van der Waals surface area contributed by atoms with Crippen molar-refractivity contribution in [3.8, 4) is 0 Å². The van der Waals surface area contributed by atoms with Crippen LogP contribution in [0.1, 0.15) is 46.0 Å². The van der Waals surface area contributed by atoms with Crippen LogP contribution in [0.3, 0.4) is 0 Å². The van der Waals surface area contributed by atoms with Crippen LogP contribution in [0.4, 0.5) is 0 Å². The van der Waals surface area contributed by atoms with Gasteiger partial charge in [0.15, 0.2) is 0 Å². The summed E-state index contributed by atoms with van der Waals surface area (Å²) in [5, 5.41) is 0. The summed E-state index contributed by atoms with van der Waals surface area (Å²) in [5.41, 5.74) is 0. The molecular formula is C9H19Na2O4P. The Morgan fingerprint density at radius 1 is 1.06 bits per heavy atom. The number of unbranched alkanes of at least 4 members (excludes halogenated alkanes) is 3. The van der Waals surface area contributed by atoms with Crippen molar-refractivity contribution in [1.29, 1.82) is 0 Å². The van der Waals surface area contributed by atoms with Crippen molar-refractivity contribution in [2.24, 2.45) is 5.92 Å². The molecule has 0 N–H and O–H groups in total. The Bertz CT molecular complexity index is 184. The largest absolute Gasteiger partial charge is 1.00 e. The van der Waals surface area contributed by atoms with Crippen molar-refractivity contribution in [2.45, 2.75) is 46.0 Å². The molecule has 0 heterocycles. The second-order valence-electron chi connectivity index (χ2n) is 3.88. The van der Waals surface area contributed by atoms with Gasteiger partial charge in [-0.25, -0.2) is 0 Å². The minimum Gasteiger partial charge on any atom is -0.790 e. The normalized spacial score (nSPS) is 10.8. The van der Waals surface area contributed by atoms with E-state index in [1.54, 1.807) is 0 Å². The van der Waals surface area contributed by atoms with Crippen molar-refractivity contribution < 1.29 is 78.0 Å². The van der Waals surface area contributed by atoms with Crippen molar-refractivity contribution in [1.82, 2.24) is 0 Å². The van der Waals surface area contributed by atoms with E-state index in [4.69, 9.17) is 0 Å². The van der Waals surface area contributed by atoms with Crippen LogP contribution in [-0.2, 0) is 9.09 Å². The zero-order chi connectivity index (χ0) is 11.0. The van der Waals surface area contributed by atoms with Gasteiger partial charge in [0, 0.05) is 0 Å². The zero-order valence-electron chi connectivity index (χ0n) is 10.9. The summed E-state index contributed by atoms with van der Waals surface area (Å²) in [4.78, 5) is 20.1. The van der Waals surface area contributed by atoms with E-state index in [1.165, 1.54) is 6.42 Å². The van der Waals surface area contributed by atoms with Crippen molar-refractivity contribution >= 4 is 7.82 Å². The van der Waals surface area contributed by atoms with Gasteiger partial charge in [0.1, 0.15) is 0 Å². The summed E-state index contributed by atoms with van der Waals surface area (Å²) in [5.74, 6) is 0.717. The first-order valence-corrected chi connectivity index (χ1v) is 6.54. The minimum absolute atomic E-state index is 0. The van der Waals surface area contributed by atoms with Crippen LogP contribution in [0.15, 0.2) is 0 Å². The number of rotatable bonds is 8. The third-order valence-corrected chi connectivity index (χ3v) is 2.42. The Morgan fingerprint density at radius 2 is 1.56 bits per heavy atom. The molecule has 0 bridgehead atoms. The van der Waals surface area contributed by atoms with E-state index < -0.39 is 7.82 Å². The summed E-state index contributed by atoms with van der Waals surface area (Å²) in [6.45, 7) is 4.38. The molecule has 0 amide bonds. The maximum atomic E-state index is 10.1. The maximum absolute atomic E-state index is 10.1. The SMILES string of the molecule is CC(C)CCCCCCOP(=O)([O-])[O-].[Na+].[Na+]. The molecule has 0 fully saturated rings. The second-order valence-corrected chi connectivity index (χ2v) is 5.03. The van der Waals surface area contributed by atoms with Crippen LogP contribution in [0, 0.1) is 5.92 Å². The van der Waals surface area contributed by atoms with Gasteiger partial charge in [-0.2, -0.15) is 0 Å². The molecule has 7 heteroatoms. The first-order chi connectivity index (χ1) is 6.42. The standard InChI is InChI=1S/C9H21O4P.2Na/c1-9(2)7-5-3-4-6-8-13-14(10,11)12;;/h9H,3-8H2,1-2H3,(H2,10,11,12);;/q;2*+1/p-2. The smallest absolute Gasteiger partial charge is 0.790 e. The minimum atomic E-state index is -4.74. The average molecular weight is 268 g/mol. The topological polar surface area (TPSA) is 72.4 Å². The van der Waals surface area contributed by atoms with Gasteiger partial charge in [-0.05, 0) is 12.3 Å². The van der Waals surface area contributed by atoms with Gasteiger partial charge in [-0.3, -0.25) is 0 Å². The molecule has 0 aromatic rings. The predicted molar refractivity (Wildman–Crippen MR) is 51.5 cm³/mol. The molecule has 0 saturated heterocycles. The Kier molecular flexibility index (Phi) is 19.7. The summed E-state index contributed by atoms with van der Waals surface area (Å²) in [6.07, 6.45) is 5.00. The van der Waals surface area contributed by atoms with Gasteiger partial charge in [0.25, 0.3) is 0 Å². The Labute approximate surface area is 143 Å². The molecule has 0 aliphatic rings. The van der Waals surface area contributed by atoms with Crippen molar-refractivity contribution in [3.05, 3.63) is 0 Å². The molecule has 0 saturated carbocycles. The van der Waals surface area contributed by atoms with E-state index in [9.17, 15) is 14.4 Å². The summed E-state index contributed by atoms with van der Waals surface area (Å²) in [6, 6.07) is 0. The van der Waals surface area contributed by atoms with Crippen LogP contribution in [0.25, 0.3) is 0 Å². The first-order valence-electron chi connectivity index (χ1n) is 5.08. The molecule has 0 aliphatic carbocycles. The van der Waals surface area contributed by atoms with Gasteiger partial charge in [0.05, 0.1) is 14.4 Å². The number of hydrogen-bond donors (Lipinski definition) is 0. The number of hydrogen-bond acceptors (Lipinski definition) is 4. The predicted octanol–water partition coefficient (Wildman–Crippen LogP) is -4.55. The monoisotopic (exact) mass is 268 g/mol. The van der Waals surface area contributed by atoms with Crippen LogP contribution in [0.2, 0.25) is 0 Å². The van der Waals surface area contributed by atoms with Crippen molar-refractivity contribution in [3.63, 3.8) is 0 Å². The van der Waals surface area contributed by atoms with Gasteiger partial charge in [0.2, 0.25) is 0 Å². The molecular weight excluding hydrogens is 249 g/mol. The molecule has 0 aromatic carbocycles. The Hall–Kier alpha value is 2.11. The quantitative estimate of drug-likeness (QED) is 0.252. The van der Waals surface area contributed by atoms with Crippen LogP contribution >= 0.6 is 7.82 Å². The molecule has 0 unspecified atom stereocenters. The van der Waals surface area contributed by atoms with Crippen LogP contribution < -0.4 is 68.9 Å². The van der Waals surface area contributed by atoms with Gasteiger partial charge in [-0.1, -0.05) is 39.5 Å². The zero-order valence-corrected chi connectivity index (χ0v) is 15.8. The molecule has 0 radical (unpaired) electrons. The Balaban J connectivity index is -0.000000845. The second kappa shape index (κ2) is 13.5. The average Bonchev–Trinajstić information content (AvgIpc) is 2.00. The maximum Gasteiger partial charge on any atom is 1.00 e. The van der Waals surface area contributed by atoms with Crippen LogP contribution in [0.5, 0.6) is 0 Å². The summed E-state index contributed by atoms with van der Waals surface area (Å²) >= 11 is 0. The molecule has 0 spiro atoms. The number of phosphoric ester groups is 1. The van der Waals surface area contributed by atoms with E-state index in [0.29, 0.717) is 6.42 Å². The van der Waals surface area contributed by atoms with E-state index in [0.717, 1.165) is 25.2 Å². The van der Waals surface area contributed by atoms with E-state index in [-0.39, 0.29) is 65.7 Å². The van der Waals surface area contributed by atoms with E-state index in [2.05, 4.69) is 18.4 Å². The van der Waals surface area contributed by atoms with E-state index >= 15 is 0 Å². The molecule has 0 rings (SSSR count). The van der Waals surface area contributed by atoms with Gasteiger partial charge in [-0.15, -0.1) is 0 Å². The van der Waals surface area contributed by atoms with Crippen molar-refractivity contribution in [2.75, 3.05) is 6.61 Å². The molecule has 86 valence electrons. The van der Waals surface area contributed by atoms with Crippen LogP contribution in [-0.4, -0.2) is 6.61 Å². The summed E-state index contributed by atoms with van der Waals surface area (Å²) in [7, 11) is -4.74. The fourth-order valence-electron chi connectivity index (χ4n) is 1.18. The third-order valence-electron chi connectivity index (χ3n) is 1.93. The molecule has 0 aromatic heterocycles. The molecule has 4 nitrogen and oxygen atoms in total. The fraction of sp³-hybridized carbons (Fsp3) is 1.00. The molecule has 16 heavy (non-hydrogen) atoms. The summed E-state index contributed by atoms with van der Waals surface area (Å²) < 4.78 is 14.2. The Morgan fingerprint density at radius 3 is 2.00 bits per heavy atom. The third kappa shape index (κ3) is 21.4. The van der Waals surface area contributed by atoms with Gasteiger partial charge < -0.3 is 18.9 Å². The molecule has 0 atom stereocenters. The van der Waals surface area contributed by atoms with E-state index in [1.807, 2.05) is 0 Å². The fourth-order valence-corrected chi connectivity index (χ4v) is 1.54. The van der Waals surface area contributed by atoms with Gasteiger partial charge >= 0.3 is 59.1 Å². The number of phosphoric acid groups is 1.